The van der Waals surface area contributed by atoms with Crippen molar-refractivity contribution in [2.75, 3.05) is 28.6 Å². The van der Waals surface area contributed by atoms with Crippen molar-refractivity contribution >= 4 is 33.6 Å². The standard InChI is InChI=1S/C19H22N4OS/c1-13-11-16(5-6-17(13)23-8-3-4-9-23)21-14(2)18(24)22-19-15(12-20)7-10-25-19/h5-7,10-11,14,21H,3-4,8-9H2,1-2H3,(H,22,24). The van der Waals surface area contributed by atoms with Crippen LogP contribution in [0.1, 0.15) is 30.9 Å². The van der Waals surface area contributed by atoms with E-state index in [1.165, 1.54) is 35.4 Å². The van der Waals surface area contributed by atoms with Crippen molar-refractivity contribution in [2.45, 2.75) is 32.7 Å². The zero-order valence-electron chi connectivity index (χ0n) is 14.5. The summed E-state index contributed by atoms with van der Waals surface area (Å²) in [5, 5.41) is 17.5. The summed E-state index contributed by atoms with van der Waals surface area (Å²) < 4.78 is 0. The van der Waals surface area contributed by atoms with Gasteiger partial charge in [-0.1, -0.05) is 0 Å². The molecule has 130 valence electrons. The van der Waals surface area contributed by atoms with Crippen LogP contribution in [0, 0.1) is 18.3 Å². The Kier molecular flexibility index (Phi) is 5.25. The molecule has 1 aliphatic rings. The fourth-order valence-electron chi connectivity index (χ4n) is 3.09. The van der Waals surface area contributed by atoms with E-state index in [0.29, 0.717) is 10.6 Å². The highest BCUT2D eigenvalue weighted by molar-refractivity contribution is 7.14. The van der Waals surface area contributed by atoms with Gasteiger partial charge in [-0.05, 0) is 61.9 Å². The molecular formula is C19H22N4OS. The van der Waals surface area contributed by atoms with Crippen LogP contribution in [0.2, 0.25) is 0 Å². The highest BCUT2D eigenvalue weighted by Crippen LogP contribution is 2.27. The first kappa shape index (κ1) is 17.3. The van der Waals surface area contributed by atoms with Gasteiger partial charge in [0.15, 0.2) is 0 Å². The van der Waals surface area contributed by atoms with Crippen molar-refractivity contribution < 1.29 is 4.79 Å². The van der Waals surface area contributed by atoms with E-state index in [1.807, 2.05) is 13.0 Å². The van der Waals surface area contributed by atoms with E-state index >= 15 is 0 Å². The lowest BCUT2D eigenvalue weighted by molar-refractivity contribution is -0.116. The third-order valence-electron chi connectivity index (χ3n) is 4.44. The Hall–Kier alpha value is -2.52. The molecule has 25 heavy (non-hydrogen) atoms. The lowest BCUT2D eigenvalue weighted by Gasteiger charge is -2.22. The number of anilines is 3. The van der Waals surface area contributed by atoms with E-state index < -0.39 is 6.04 Å². The van der Waals surface area contributed by atoms with E-state index in [4.69, 9.17) is 5.26 Å². The summed E-state index contributed by atoms with van der Waals surface area (Å²) >= 11 is 1.36. The summed E-state index contributed by atoms with van der Waals surface area (Å²) in [6.45, 7) is 6.16. The number of aryl methyl sites for hydroxylation is 1. The summed E-state index contributed by atoms with van der Waals surface area (Å²) in [5.41, 5.74) is 3.91. The molecule has 1 aliphatic heterocycles. The van der Waals surface area contributed by atoms with Gasteiger partial charge in [-0.2, -0.15) is 5.26 Å². The summed E-state index contributed by atoms with van der Waals surface area (Å²) in [6, 6.07) is 9.63. The van der Waals surface area contributed by atoms with Crippen molar-refractivity contribution in [3.05, 3.63) is 40.8 Å². The molecule has 6 heteroatoms. The number of rotatable bonds is 5. The fraction of sp³-hybridized carbons (Fsp3) is 0.368. The Morgan fingerprint density at radius 2 is 2.08 bits per heavy atom. The van der Waals surface area contributed by atoms with Crippen molar-refractivity contribution in [3.63, 3.8) is 0 Å². The average Bonchev–Trinajstić information content (AvgIpc) is 3.26. The molecule has 1 unspecified atom stereocenters. The van der Waals surface area contributed by atoms with Crippen molar-refractivity contribution in [2.24, 2.45) is 0 Å². The average molecular weight is 354 g/mol. The Morgan fingerprint density at radius 1 is 1.32 bits per heavy atom. The minimum absolute atomic E-state index is 0.153. The molecular weight excluding hydrogens is 332 g/mol. The quantitative estimate of drug-likeness (QED) is 0.852. The van der Waals surface area contributed by atoms with Crippen LogP contribution in [0.5, 0.6) is 0 Å². The molecule has 0 saturated carbocycles. The van der Waals surface area contributed by atoms with Crippen LogP contribution in [0.25, 0.3) is 0 Å². The van der Waals surface area contributed by atoms with E-state index in [1.54, 1.807) is 11.4 Å². The summed E-state index contributed by atoms with van der Waals surface area (Å²) in [6.07, 6.45) is 2.51. The van der Waals surface area contributed by atoms with Gasteiger partial charge in [0.25, 0.3) is 0 Å². The van der Waals surface area contributed by atoms with Gasteiger partial charge in [-0.15, -0.1) is 11.3 Å². The number of hydrogen-bond acceptors (Lipinski definition) is 5. The molecule has 3 rings (SSSR count). The second-order valence-electron chi connectivity index (χ2n) is 6.33. The van der Waals surface area contributed by atoms with Gasteiger partial charge in [-0.25, -0.2) is 0 Å². The van der Waals surface area contributed by atoms with E-state index in [0.717, 1.165) is 18.8 Å². The molecule has 0 radical (unpaired) electrons. The van der Waals surface area contributed by atoms with Gasteiger partial charge in [0, 0.05) is 24.5 Å². The largest absolute Gasteiger partial charge is 0.374 e. The van der Waals surface area contributed by atoms with Gasteiger partial charge in [0.2, 0.25) is 5.91 Å². The van der Waals surface area contributed by atoms with Crippen LogP contribution in [0.3, 0.4) is 0 Å². The van der Waals surface area contributed by atoms with E-state index in [2.05, 4.69) is 40.7 Å². The Balaban J connectivity index is 1.64. The molecule has 2 aromatic rings. The molecule has 1 fully saturated rings. The number of benzene rings is 1. The Labute approximate surface area is 152 Å². The highest BCUT2D eigenvalue weighted by Gasteiger charge is 2.17. The monoisotopic (exact) mass is 354 g/mol. The third-order valence-corrected chi connectivity index (χ3v) is 5.27. The zero-order valence-corrected chi connectivity index (χ0v) is 15.3. The number of nitrogens with zero attached hydrogens (tertiary/aromatic N) is 2. The maximum atomic E-state index is 12.4. The van der Waals surface area contributed by atoms with E-state index in [-0.39, 0.29) is 5.91 Å². The van der Waals surface area contributed by atoms with Crippen molar-refractivity contribution in [1.29, 1.82) is 5.26 Å². The predicted molar refractivity (Wildman–Crippen MR) is 103 cm³/mol. The van der Waals surface area contributed by atoms with Gasteiger partial charge < -0.3 is 15.5 Å². The lowest BCUT2D eigenvalue weighted by Crippen LogP contribution is -2.31. The normalized spacial score (nSPS) is 14.8. The first-order valence-corrected chi connectivity index (χ1v) is 9.37. The predicted octanol–water partition coefficient (Wildman–Crippen LogP) is 3.97. The second kappa shape index (κ2) is 7.58. The number of nitrogens with one attached hydrogen (secondary N) is 2. The molecule has 2 N–H and O–H groups in total. The number of carbonyl (C=O) groups excluding carboxylic acids is 1. The van der Waals surface area contributed by atoms with Crippen LogP contribution in [-0.4, -0.2) is 25.0 Å². The zero-order chi connectivity index (χ0) is 17.8. The molecule has 1 amide bonds. The maximum absolute atomic E-state index is 12.4. The molecule has 5 nitrogen and oxygen atoms in total. The van der Waals surface area contributed by atoms with Gasteiger partial charge >= 0.3 is 0 Å². The van der Waals surface area contributed by atoms with Crippen LogP contribution in [-0.2, 0) is 4.79 Å². The minimum Gasteiger partial charge on any atom is -0.374 e. The highest BCUT2D eigenvalue weighted by atomic mass is 32.1. The number of amides is 1. The fourth-order valence-corrected chi connectivity index (χ4v) is 3.83. The summed E-state index contributed by atoms with van der Waals surface area (Å²) in [4.78, 5) is 14.8. The van der Waals surface area contributed by atoms with Crippen molar-refractivity contribution in [1.82, 2.24) is 0 Å². The molecule has 1 aromatic carbocycles. The Bertz CT molecular complexity index is 802. The third kappa shape index (κ3) is 3.94. The molecule has 0 bridgehead atoms. The molecule has 1 aromatic heterocycles. The summed E-state index contributed by atoms with van der Waals surface area (Å²) in [7, 11) is 0. The van der Waals surface area contributed by atoms with Gasteiger partial charge in [-0.3, -0.25) is 4.79 Å². The molecule has 1 atom stereocenters. The molecule has 1 saturated heterocycles. The first-order valence-electron chi connectivity index (χ1n) is 8.49. The van der Waals surface area contributed by atoms with Crippen LogP contribution in [0.15, 0.2) is 29.6 Å². The van der Waals surface area contributed by atoms with Crippen LogP contribution in [0.4, 0.5) is 16.4 Å². The molecule has 0 aliphatic carbocycles. The summed E-state index contributed by atoms with van der Waals surface area (Å²) in [5.74, 6) is -0.153. The number of thiophene rings is 1. The number of carbonyl (C=O) groups is 1. The first-order chi connectivity index (χ1) is 12.1. The maximum Gasteiger partial charge on any atom is 0.247 e. The smallest absolute Gasteiger partial charge is 0.247 e. The van der Waals surface area contributed by atoms with Gasteiger partial charge in [0.1, 0.15) is 17.1 Å². The number of hydrogen-bond donors (Lipinski definition) is 2. The second-order valence-corrected chi connectivity index (χ2v) is 7.24. The topological polar surface area (TPSA) is 68.2 Å². The Morgan fingerprint density at radius 3 is 2.76 bits per heavy atom. The molecule has 2 heterocycles. The SMILES string of the molecule is Cc1cc(NC(C)C(=O)Nc2sccc2C#N)ccc1N1CCCC1. The van der Waals surface area contributed by atoms with Crippen LogP contribution < -0.4 is 15.5 Å². The van der Waals surface area contributed by atoms with E-state index in [9.17, 15) is 4.79 Å². The molecule has 0 spiro atoms. The van der Waals surface area contributed by atoms with Crippen molar-refractivity contribution in [3.8, 4) is 6.07 Å². The van der Waals surface area contributed by atoms with Gasteiger partial charge in [0.05, 0.1) is 5.56 Å². The lowest BCUT2D eigenvalue weighted by atomic mass is 10.1. The van der Waals surface area contributed by atoms with Crippen LogP contribution >= 0.6 is 11.3 Å². The number of nitriles is 1. The minimum atomic E-state index is -0.398.